The van der Waals surface area contributed by atoms with E-state index in [4.69, 9.17) is 0 Å². The maximum Gasteiger partial charge on any atom is 0.115 e. The molecule has 0 aliphatic heterocycles. The third-order valence-corrected chi connectivity index (χ3v) is 4.80. The van der Waals surface area contributed by atoms with Gasteiger partial charge in [-0.25, -0.2) is 0 Å². The van der Waals surface area contributed by atoms with Crippen molar-refractivity contribution in [1.82, 2.24) is 0 Å². The van der Waals surface area contributed by atoms with E-state index in [1.807, 2.05) is 12.1 Å². The Hall–Kier alpha value is -0.500. The van der Waals surface area contributed by atoms with E-state index in [1.54, 1.807) is 12.1 Å². The number of aromatic hydroxyl groups is 1. The van der Waals surface area contributed by atoms with Gasteiger partial charge in [-0.1, -0.05) is 54.8 Å². The number of phenolic OH excluding ortho intramolecular Hbond substituents is 1. The average Bonchev–Trinajstić information content (AvgIpc) is 2.37. The maximum atomic E-state index is 9.30. The SMILES string of the molecule is CCCCC(CC)(CBr)Cc1ccc(O)cc1. The van der Waals surface area contributed by atoms with Gasteiger partial charge in [0.15, 0.2) is 0 Å². The second kappa shape index (κ2) is 7.05. The normalized spacial score (nSPS) is 14.5. The third kappa shape index (κ3) is 4.34. The van der Waals surface area contributed by atoms with Crippen molar-refractivity contribution < 1.29 is 5.11 Å². The highest BCUT2D eigenvalue weighted by Crippen LogP contribution is 2.35. The van der Waals surface area contributed by atoms with E-state index in [0.717, 1.165) is 11.8 Å². The summed E-state index contributed by atoms with van der Waals surface area (Å²) in [5, 5.41) is 10.4. The van der Waals surface area contributed by atoms with E-state index in [9.17, 15) is 5.11 Å². The van der Waals surface area contributed by atoms with Crippen LogP contribution in [0.4, 0.5) is 0 Å². The number of halogens is 1. The lowest BCUT2D eigenvalue weighted by atomic mass is 9.77. The molecule has 0 spiro atoms. The lowest BCUT2D eigenvalue weighted by molar-refractivity contribution is 0.284. The molecule has 0 fully saturated rings. The lowest BCUT2D eigenvalue weighted by Gasteiger charge is -2.31. The number of benzene rings is 1. The zero-order chi connectivity index (χ0) is 12.7. The van der Waals surface area contributed by atoms with E-state index in [0.29, 0.717) is 11.2 Å². The fourth-order valence-corrected chi connectivity index (χ4v) is 3.07. The number of hydrogen-bond donors (Lipinski definition) is 1. The minimum absolute atomic E-state index is 0.350. The molecule has 1 N–H and O–H groups in total. The Morgan fingerprint density at radius 1 is 1.18 bits per heavy atom. The zero-order valence-electron chi connectivity index (χ0n) is 10.9. The highest BCUT2D eigenvalue weighted by molar-refractivity contribution is 9.09. The number of alkyl halides is 1. The van der Waals surface area contributed by atoms with Gasteiger partial charge in [-0.05, 0) is 42.4 Å². The molecule has 1 aromatic rings. The average molecular weight is 299 g/mol. The van der Waals surface area contributed by atoms with Crippen LogP contribution >= 0.6 is 15.9 Å². The molecule has 96 valence electrons. The van der Waals surface area contributed by atoms with E-state index >= 15 is 0 Å². The Bertz CT molecular complexity index is 314. The first-order chi connectivity index (χ1) is 8.15. The largest absolute Gasteiger partial charge is 0.508 e. The van der Waals surface area contributed by atoms with Crippen LogP contribution in [0.2, 0.25) is 0 Å². The van der Waals surface area contributed by atoms with Crippen molar-refractivity contribution in [3.05, 3.63) is 29.8 Å². The van der Waals surface area contributed by atoms with Gasteiger partial charge in [0.1, 0.15) is 5.75 Å². The van der Waals surface area contributed by atoms with Crippen LogP contribution in [0.25, 0.3) is 0 Å². The van der Waals surface area contributed by atoms with Gasteiger partial charge in [-0.15, -0.1) is 0 Å². The molecule has 0 radical (unpaired) electrons. The molecule has 0 aliphatic carbocycles. The lowest BCUT2D eigenvalue weighted by Crippen LogP contribution is -2.24. The minimum Gasteiger partial charge on any atom is -0.508 e. The second-order valence-corrected chi connectivity index (χ2v) is 5.49. The fraction of sp³-hybridized carbons (Fsp3) is 0.600. The molecule has 0 bridgehead atoms. The molecule has 1 aromatic carbocycles. The van der Waals surface area contributed by atoms with Gasteiger partial charge in [-0.2, -0.15) is 0 Å². The molecule has 17 heavy (non-hydrogen) atoms. The minimum atomic E-state index is 0.350. The van der Waals surface area contributed by atoms with Crippen LogP contribution in [0.1, 0.15) is 45.1 Å². The van der Waals surface area contributed by atoms with E-state index in [-0.39, 0.29) is 0 Å². The van der Waals surface area contributed by atoms with Gasteiger partial charge in [0, 0.05) is 5.33 Å². The topological polar surface area (TPSA) is 20.2 Å². The van der Waals surface area contributed by atoms with Crippen LogP contribution in [0.15, 0.2) is 24.3 Å². The molecule has 0 heterocycles. The van der Waals surface area contributed by atoms with Crippen LogP contribution in [-0.4, -0.2) is 10.4 Å². The molecule has 2 heteroatoms. The summed E-state index contributed by atoms with van der Waals surface area (Å²) in [5.74, 6) is 0.350. The predicted molar refractivity (Wildman–Crippen MR) is 77.9 cm³/mol. The Morgan fingerprint density at radius 3 is 2.29 bits per heavy atom. The monoisotopic (exact) mass is 298 g/mol. The predicted octanol–water partition coefficient (Wildman–Crippen LogP) is 4.92. The van der Waals surface area contributed by atoms with Crippen molar-refractivity contribution in [2.75, 3.05) is 5.33 Å². The first kappa shape index (κ1) is 14.6. The smallest absolute Gasteiger partial charge is 0.115 e. The Morgan fingerprint density at radius 2 is 1.82 bits per heavy atom. The van der Waals surface area contributed by atoms with Crippen LogP contribution in [0.5, 0.6) is 5.75 Å². The summed E-state index contributed by atoms with van der Waals surface area (Å²) < 4.78 is 0. The summed E-state index contributed by atoms with van der Waals surface area (Å²) in [7, 11) is 0. The van der Waals surface area contributed by atoms with Crippen molar-refractivity contribution in [3.8, 4) is 5.75 Å². The number of rotatable bonds is 7. The Labute approximate surface area is 113 Å². The summed E-state index contributed by atoms with van der Waals surface area (Å²) in [5.41, 5.74) is 1.69. The van der Waals surface area contributed by atoms with Gasteiger partial charge in [-0.3, -0.25) is 0 Å². The van der Waals surface area contributed by atoms with Crippen molar-refractivity contribution in [3.63, 3.8) is 0 Å². The van der Waals surface area contributed by atoms with Crippen LogP contribution in [-0.2, 0) is 6.42 Å². The van der Waals surface area contributed by atoms with Crippen LogP contribution in [0, 0.1) is 5.41 Å². The van der Waals surface area contributed by atoms with Crippen molar-refractivity contribution in [2.24, 2.45) is 5.41 Å². The maximum absolute atomic E-state index is 9.30. The first-order valence-electron chi connectivity index (χ1n) is 6.49. The second-order valence-electron chi connectivity index (χ2n) is 4.93. The standard InChI is InChI=1S/C15H23BrO/c1-3-5-10-15(4-2,12-16)11-13-6-8-14(17)9-7-13/h6-9,17H,3-5,10-12H2,1-2H3. The summed E-state index contributed by atoms with van der Waals surface area (Å²) in [6.45, 7) is 4.52. The number of phenols is 1. The molecule has 1 unspecified atom stereocenters. The molecule has 0 saturated heterocycles. The highest BCUT2D eigenvalue weighted by atomic mass is 79.9. The quantitative estimate of drug-likeness (QED) is 0.709. The van der Waals surface area contributed by atoms with Crippen LogP contribution < -0.4 is 0 Å². The van der Waals surface area contributed by atoms with Gasteiger partial charge in [0.2, 0.25) is 0 Å². The van der Waals surface area contributed by atoms with Gasteiger partial charge in [0.25, 0.3) is 0 Å². The number of hydrogen-bond acceptors (Lipinski definition) is 1. The van der Waals surface area contributed by atoms with E-state index < -0.39 is 0 Å². The van der Waals surface area contributed by atoms with Gasteiger partial charge in [0.05, 0.1) is 0 Å². The van der Waals surface area contributed by atoms with E-state index in [2.05, 4.69) is 29.8 Å². The zero-order valence-corrected chi connectivity index (χ0v) is 12.5. The fourth-order valence-electron chi connectivity index (χ4n) is 2.20. The molecule has 1 nitrogen and oxygen atoms in total. The Balaban J connectivity index is 2.74. The van der Waals surface area contributed by atoms with Crippen molar-refractivity contribution in [1.29, 1.82) is 0 Å². The van der Waals surface area contributed by atoms with Crippen molar-refractivity contribution >= 4 is 15.9 Å². The van der Waals surface area contributed by atoms with Gasteiger partial charge >= 0.3 is 0 Å². The summed E-state index contributed by atoms with van der Waals surface area (Å²) in [6.07, 6.45) is 6.10. The molecule has 1 atom stereocenters. The van der Waals surface area contributed by atoms with E-state index in [1.165, 1.54) is 31.2 Å². The first-order valence-corrected chi connectivity index (χ1v) is 7.62. The summed E-state index contributed by atoms with van der Waals surface area (Å²) in [6, 6.07) is 7.64. The molecule has 0 aromatic heterocycles. The summed E-state index contributed by atoms with van der Waals surface area (Å²) >= 11 is 3.69. The molecule has 1 rings (SSSR count). The Kier molecular flexibility index (Phi) is 6.04. The summed E-state index contributed by atoms with van der Waals surface area (Å²) in [4.78, 5) is 0. The highest BCUT2D eigenvalue weighted by Gasteiger charge is 2.26. The van der Waals surface area contributed by atoms with Gasteiger partial charge < -0.3 is 5.11 Å². The molecule has 0 aliphatic rings. The molecule has 0 amide bonds. The molecule has 0 saturated carbocycles. The number of unbranched alkanes of at least 4 members (excludes halogenated alkanes) is 1. The molecular weight excluding hydrogens is 276 g/mol. The van der Waals surface area contributed by atoms with Crippen molar-refractivity contribution in [2.45, 2.75) is 46.0 Å². The third-order valence-electron chi connectivity index (χ3n) is 3.61. The molecular formula is C15H23BrO. The van der Waals surface area contributed by atoms with Crippen LogP contribution in [0.3, 0.4) is 0 Å².